The van der Waals surface area contributed by atoms with Gasteiger partial charge in [0.15, 0.2) is 0 Å². The highest BCUT2D eigenvalue weighted by Gasteiger charge is 2.10. The molecule has 0 atom stereocenters. The molecular weight excluding hydrogens is 342 g/mol. The molecule has 0 aliphatic rings. The van der Waals surface area contributed by atoms with Crippen molar-refractivity contribution in [3.8, 4) is 0 Å². The number of aliphatic hydroxyl groups excluding tert-OH is 2. The van der Waals surface area contributed by atoms with Crippen LogP contribution in [0.1, 0.15) is 25.7 Å². The lowest BCUT2D eigenvalue weighted by Gasteiger charge is -2.26. The van der Waals surface area contributed by atoms with Gasteiger partial charge in [0, 0.05) is 63.8 Å². The van der Waals surface area contributed by atoms with Gasteiger partial charge in [0.1, 0.15) is 0 Å². The second-order valence-electron chi connectivity index (χ2n) is 6.57. The van der Waals surface area contributed by atoms with E-state index in [1.165, 1.54) is 16.5 Å². The Bertz CT molecular complexity index is 613. The maximum Gasteiger partial charge on any atom is 0.0487 e. The van der Waals surface area contributed by atoms with Gasteiger partial charge in [0.05, 0.1) is 0 Å². The number of ether oxygens (including phenoxy) is 2. The highest BCUT2D eigenvalue weighted by Crippen LogP contribution is 2.27. The van der Waals surface area contributed by atoms with Crippen molar-refractivity contribution in [1.82, 2.24) is 0 Å². The molecule has 2 aromatic rings. The Labute approximate surface area is 162 Å². The summed E-state index contributed by atoms with van der Waals surface area (Å²) in [6.45, 7) is 4.83. The largest absolute Gasteiger partial charge is 0.396 e. The molecule has 5 nitrogen and oxygen atoms in total. The van der Waals surface area contributed by atoms with Crippen LogP contribution in [0.3, 0.4) is 0 Å². The molecule has 0 saturated heterocycles. The quantitative estimate of drug-likeness (QED) is 0.468. The fraction of sp³-hybridized carbons (Fsp3) is 0.545. The molecule has 0 saturated carbocycles. The van der Waals surface area contributed by atoms with Gasteiger partial charge in [-0.1, -0.05) is 36.4 Å². The van der Waals surface area contributed by atoms with E-state index in [9.17, 15) is 0 Å². The molecule has 0 radical (unpaired) electrons. The van der Waals surface area contributed by atoms with Crippen molar-refractivity contribution < 1.29 is 19.7 Å². The smallest absolute Gasteiger partial charge is 0.0487 e. The fourth-order valence-corrected chi connectivity index (χ4v) is 3.09. The zero-order chi connectivity index (χ0) is 19.2. The number of aliphatic hydroxyl groups is 2. The molecule has 2 aromatic carbocycles. The van der Waals surface area contributed by atoms with Crippen molar-refractivity contribution in [2.24, 2.45) is 0 Å². The van der Waals surface area contributed by atoms with E-state index in [-0.39, 0.29) is 13.2 Å². The molecule has 0 amide bonds. The van der Waals surface area contributed by atoms with E-state index in [0.29, 0.717) is 39.3 Å². The normalized spacial score (nSPS) is 11.2. The average Bonchev–Trinajstić information content (AvgIpc) is 2.71. The second kappa shape index (κ2) is 13.5. The molecular formula is C22H33NO4. The zero-order valence-corrected chi connectivity index (χ0v) is 16.2. The Morgan fingerprint density at radius 1 is 0.667 bits per heavy atom. The van der Waals surface area contributed by atoms with Crippen molar-refractivity contribution in [1.29, 1.82) is 0 Å². The molecule has 0 unspecified atom stereocenters. The third-order valence-electron chi connectivity index (χ3n) is 4.43. The van der Waals surface area contributed by atoms with Gasteiger partial charge >= 0.3 is 0 Å². The van der Waals surface area contributed by atoms with Crippen molar-refractivity contribution in [2.45, 2.75) is 25.7 Å². The summed E-state index contributed by atoms with van der Waals surface area (Å²) in [5.41, 5.74) is 1.25. The summed E-state index contributed by atoms with van der Waals surface area (Å²) in [6, 6.07) is 14.9. The number of anilines is 1. The van der Waals surface area contributed by atoms with Crippen LogP contribution >= 0.6 is 0 Å². The van der Waals surface area contributed by atoms with Crippen molar-refractivity contribution >= 4 is 16.5 Å². The van der Waals surface area contributed by atoms with Crippen LogP contribution < -0.4 is 4.90 Å². The number of hydrogen-bond donors (Lipinski definition) is 2. The third kappa shape index (κ3) is 7.85. The van der Waals surface area contributed by atoms with Gasteiger partial charge in [0.2, 0.25) is 0 Å². The first-order valence-corrected chi connectivity index (χ1v) is 9.96. The Morgan fingerprint density at radius 2 is 1.22 bits per heavy atom. The van der Waals surface area contributed by atoms with Crippen LogP contribution in [0, 0.1) is 0 Å². The highest BCUT2D eigenvalue weighted by atomic mass is 16.5. The van der Waals surface area contributed by atoms with Crippen molar-refractivity contribution in [3.05, 3.63) is 42.5 Å². The number of nitrogens with zero attached hydrogens (tertiary/aromatic N) is 1. The van der Waals surface area contributed by atoms with Crippen LogP contribution in [0.4, 0.5) is 5.69 Å². The minimum atomic E-state index is 0.179. The molecule has 0 heterocycles. The van der Waals surface area contributed by atoms with Crippen LogP contribution in [0.2, 0.25) is 0 Å². The SMILES string of the molecule is OCCCOCCCN(CCCOCCCO)c1cccc2ccccc12. The lowest BCUT2D eigenvalue weighted by molar-refractivity contribution is 0.112. The molecule has 0 aromatic heterocycles. The van der Waals surface area contributed by atoms with Crippen LogP contribution in [-0.2, 0) is 9.47 Å². The second-order valence-corrected chi connectivity index (χ2v) is 6.57. The van der Waals surface area contributed by atoms with Gasteiger partial charge in [0.25, 0.3) is 0 Å². The van der Waals surface area contributed by atoms with Crippen LogP contribution in [0.25, 0.3) is 10.8 Å². The molecule has 0 spiro atoms. The lowest BCUT2D eigenvalue weighted by Crippen LogP contribution is -2.27. The minimum absolute atomic E-state index is 0.179. The summed E-state index contributed by atoms with van der Waals surface area (Å²) >= 11 is 0. The third-order valence-corrected chi connectivity index (χ3v) is 4.43. The first-order chi connectivity index (χ1) is 13.4. The van der Waals surface area contributed by atoms with Gasteiger partial charge in [-0.25, -0.2) is 0 Å². The Hall–Kier alpha value is -1.66. The van der Waals surface area contributed by atoms with Gasteiger partial charge in [-0.3, -0.25) is 0 Å². The molecule has 0 bridgehead atoms. The fourth-order valence-electron chi connectivity index (χ4n) is 3.09. The molecule has 0 aliphatic carbocycles. The van der Waals surface area contributed by atoms with Gasteiger partial charge in [-0.05, 0) is 37.1 Å². The zero-order valence-electron chi connectivity index (χ0n) is 16.2. The Kier molecular flexibility index (Phi) is 10.8. The maximum atomic E-state index is 8.82. The monoisotopic (exact) mass is 375 g/mol. The van der Waals surface area contributed by atoms with E-state index in [4.69, 9.17) is 19.7 Å². The predicted octanol–water partition coefficient (Wildman–Crippen LogP) is 3.22. The molecule has 5 heteroatoms. The number of rotatable bonds is 15. The maximum absolute atomic E-state index is 8.82. The molecule has 2 rings (SSSR count). The average molecular weight is 376 g/mol. The Morgan fingerprint density at radius 3 is 1.85 bits per heavy atom. The molecule has 0 aliphatic heterocycles. The van der Waals surface area contributed by atoms with Crippen LogP contribution in [0.15, 0.2) is 42.5 Å². The van der Waals surface area contributed by atoms with Gasteiger partial charge < -0.3 is 24.6 Å². The van der Waals surface area contributed by atoms with Crippen molar-refractivity contribution in [3.63, 3.8) is 0 Å². The first kappa shape index (κ1) is 21.6. The summed E-state index contributed by atoms with van der Waals surface area (Å²) in [7, 11) is 0. The molecule has 27 heavy (non-hydrogen) atoms. The number of hydrogen-bond acceptors (Lipinski definition) is 5. The predicted molar refractivity (Wildman–Crippen MR) is 110 cm³/mol. The number of fused-ring (bicyclic) bond motifs is 1. The van der Waals surface area contributed by atoms with Crippen LogP contribution in [-0.4, -0.2) is 62.9 Å². The van der Waals surface area contributed by atoms with Gasteiger partial charge in [-0.2, -0.15) is 0 Å². The van der Waals surface area contributed by atoms with E-state index in [1.807, 2.05) is 0 Å². The standard InChI is InChI=1S/C22H33NO4/c24-14-6-18-26-16-4-12-23(13-5-17-27-19-7-15-25)22-11-3-9-20-8-1-2-10-21(20)22/h1-3,8-11,24-25H,4-7,12-19H2. The summed E-state index contributed by atoms with van der Waals surface area (Å²) in [6.07, 6.45) is 3.27. The van der Waals surface area contributed by atoms with Gasteiger partial charge in [-0.15, -0.1) is 0 Å². The van der Waals surface area contributed by atoms with Crippen molar-refractivity contribution in [2.75, 3.05) is 57.6 Å². The molecule has 0 fully saturated rings. The van der Waals surface area contributed by atoms with E-state index in [2.05, 4.69) is 47.4 Å². The first-order valence-electron chi connectivity index (χ1n) is 9.96. The topological polar surface area (TPSA) is 62.2 Å². The molecule has 150 valence electrons. The summed E-state index contributed by atoms with van der Waals surface area (Å²) < 4.78 is 11.2. The van der Waals surface area contributed by atoms with E-state index in [0.717, 1.165) is 25.9 Å². The highest BCUT2D eigenvalue weighted by molar-refractivity contribution is 5.94. The van der Waals surface area contributed by atoms with E-state index < -0.39 is 0 Å². The summed E-state index contributed by atoms with van der Waals surface area (Å²) in [5, 5.41) is 20.2. The lowest BCUT2D eigenvalue weighted by atomic mass is 10.1. The van der Waals surface area contributed by atoms with Crippen LogP contribution in [0.5, 0.6) is 0 Å². The van der Waals surface area contributed by atoms with E-state index >= 15 is 0 Å². The summed E-state index contributed by atoms with van der Waals surface area (Å²) in [5.74, 6) is 0. The summed E-state index contributed by atoms with van der Waals surface area (Å²) in [4.78, 5) is 2.41. The minimum Gasteiger partial charge on any atom is -0.396 e. The Balaban J connectivity index is 1.93. The van der Waals surface area contributed by atoms with E-state index in [1.54, 1.807) is 0 Å². The number of benzene rings is 2. The molecule has 2 N–H and O–H groups in total.